The molecule has 17 heavy (non-hydrogen) atoms. The Kier molecular flexibility index (Phi) is 4.12. The second-order valence-corrected chi connectivity index (χ2v) is 5.32. The zero-order chi connectivity index (χ0) is 12.3. The van der Waals surface area contributed by atoms with Gasteiger partial charge in [-0.05, 0) is 40.9 Å². The minimum Gasteiger partial charge on any atom is -0.327 e. The summed E-state index contributed by atoms with van der Waals surface area (Å²) >= 11 is 3.30. The number of carbonyl (C=O) groups excluding carboxylic acids is 1. The summed E-state index contributed by atoms with van der Waals surface area (Å²) in [5.41, 5.74) is 5.97. The third kappa shape index (κ3) is 3.26. The summed E-state index contributed by atoms with van der Waals surface area (Å²) in [7, 11) is 0. The third-order valence-corrected chi connectivity index (χ3v) is 3.60. The Morgan fingerprint density at radius 1 is 1.41 bits per heavy atom. The van der Waals surface area contributed by atoms with Crippen molar-refractivity contribution in [2.24, 2.45) is 11.7 Å². The Labute approximate surface area is 109 Å². The van der Waals surface area contributed by atoms with E-state index in [1.54, 1.807) is 12.3 Å². The Bertz CT molecular complexity index is 393. The lowest BCUT2D eigenvalue weighted by Crippen LogP contribution is -2.40. The average Bonchev–Trinajstić information content (AvgIpc) is 2.32. The molecule has 1 aromatic rings. The summed E-state index contributed by atoms with van der Waals surface area (Å²) in [4.78, 5) is 16.1. The quantitative estimate of drug-likeness (QED) is 0.880. The van der Waals surface area contributed by atoms with E-state index < -0.39 is 0 Å². The van der Waals surface area contributed by atoms with E-state index in [1.165, 1.54) is 0 Å². The van der Waals surface area contributed by atoms with Gasteiger partial charge in [-0.1, -0.05) is 12.8 Å². The molecule has 92 valence electrons. The molecule has 0 saturated heterocycles. The predicted molar refractivity (Wildman–Crippen MR) is 70.5 cm³/mol. The molecular weight excluding hydrogens is 282 g/mol. The van der Waals surface area contributed by atoms with Crippen LogP contribution in [0.4, 0.5) is 5.82 Å². The lowest BCUT2D eigenvalue weighted by atomic mass is 9.84. The number of nitrogens with zero attached hydrogens (tertiary/aromatic N) is 1. The first-order valence-corrected chi connectivity index (χ1v) is 6.64. The SMILES string of the molecule is NC1CCCCC1C(=O)Nc1ccc(Br)cn1. The summed E-state index contributed by atoms with van der Waals surface area (Å²) in [6.45, 7) is 0. The predicted octanol–water partition coefficient (Wildman–Crippen LogP) is 2.30. The van der Waals surface area contributed by atoms with Crippen LogP contribution in [0.15, 0.2) is 22.8 Å². The maximum Gasteiger partial charge on any atom is 0.230 e. The first-order valence-electron chi connectivity index (χ1n) is 5.85. The van der Waals surface area contributed by atoms with Crippen LogP contribution in [0.2, 0.25) is 0 Å². The first kappa shape index (κ1) is 12.5. The van der Waals surface area contributed by atoms with Gasteiger partial charge in [0.1, 0.15) is 5.82 Å². The monoisotopic (exact) mass is 297 g/mol. The molecule has 0 aliphatic heterocycles. The van der Waals surface area contributed by atoms with E-state index in [1.807, 2.05) is 6.07 Å². The van der Waals surface area contributed by atoms with Crippen molar-refractivity contribution < 1.29 is 4.79 Å². The van der Waals surface area contributed by atoms with Gasteiger partial charge in [0.2, 0.25) is 5.91 Å². The first-order chi connectivity index (χ1) is 8.16. The highest BCUT2D eigenvalue weighted by atomic mass is 79.9. The normalized spacial score (nSPS) is 24.4. The fourth-order valence-electron chi connectivity index (χ4n) is 2.15. The van der Waals surface area contributed by atoms with Crippen LogP contribution in [-0.4, -0.2) is 16.9 Å². The van der Waals surface area contributed by atoms with Gasteiger partial charge < -0.3 is 11.1 Å². The largest absolute Gasteiger partial charge is 0.327 e. The van der Waals surface area contributed by atoms with E-state index in [9.17, 15) is 4.79 Å². The van der Waals surface area contributed by atoms with Gasteiger partial charge in [-0.2, -0.15) is 0 Å². The number of hydrogen-bond acceptors (Lipinski definition) is 3. The van der Waals surface area contributed by atoms with Crippen molar-refractivity contribution in [3.05, 3.63) is 22.8 Å². The van der Waals surface area contributed by atoms with Crippen molar-refractivity contribution in [3.63, 3.8) is 0 Å². The standard InChI is InChI=1S/C12H16BrN3O/c13-8-5-6-11(15-7-8)16-12(17)9-3-1-2-4-10(9)14/h5-7,9-10H,1-4,14H2,(H,15,16,17). The van der Waals surface area contributed by atoms with E-state index in [4.69, 9.17) is 5.73 Å². The number of rotatable bonds is 2. The summed E-state index contributed by atoms with van der Waals surface area (Å²) in [6, 6.07) is 3.61. The second-order valence-electron chi connectivity index (χ2n) is 4.41. The van der Waals surface area contributed by atoms with Crippen LogP contribution < -0.4 is 11.1 Å². The Morgan fingerprint density at radius 3 is 2.82 bits per heavy atom. The molecule has 1 amide bonds. The lowest BCUT2D eigenvalue weighted by molar-refractivity contribution is -0.121. The van der Waals surface area contributed by atoms with Gasteiger partial charge in [0.25, 0.3) is 0 Å². The molecule has 3 N–H and O–H groups in total. The highest BCUT2D eigenvalue weighted by Gasteiger charge is 2.28. The zero-order valence-electron chi connectivity index (χ0n) is 9.53. The number of pyridine rings is 1. The summed E-state index contributed by atoms with van der Waals surface area (Å²) in [5.74, 6) is 0.497. The van der Waals surface area contributed by atoms with Crippen molar-refractivity contribution in [2.75, 3.05) is 5.32 Å². The molecular formula is C12H16BrN3O. The Morgan fingerprint density at radius 2 is 2.18 bits per heavy atom. The van der Waals surface area contributed by atoms with Crippen LogP contribution in [0.5, 0.6) is 0 Å². The minimum absolute atomic E-state index is 0.00739. The number of hydrogen-bond donors (Lipinski definition) is 2. The molecule has 0 bridgehead atoms. The Balaban J connectivity index is 1.98. The number of amides is 1. The van der Waals surface area contributed by atoms with Gasteiger partial charge in [0.05, 0.1) is 5.92 Å². The molecule has 2 unspecified atom stereocenters. The van der Waals surface area contributed by atoms with Crippen molar-refractivity contribution in [1.29, 1.82) is 0 Å². The lowest BCUT2D eigenvalue weighted by Gasteiger charge is -2.27. The summed E-state index contributed by atoms with van der Waals surface area (Å²) in [5, 5.41) is 2.82. The third-order valence-electron chi connectivity index (χ3n) is 3.13. The fraction of sp³-hybridized carbons (Fsp3) is 0.500. The van der Waals surface area contributed by atoms with Crippen molar-refractivity contribution in [2.45, 2.75) is 31.7 Å². The smallest absolute Gasteiger partial charge is 0.230 e. The summed E-state index contributed by atoms with van der Waals surface area (Å²) < 4.78 is 0.893. The molecule has 0 radical (unpaired) electrons. The maximum absolute atomic E-state index is 12.0. The van der Waals surface area contributed by atoms with E-state index in [0.29, 0.717) is 5.82 Å². The van der Waals surface area contributed by atoms with Gasteiger partial charge >= 0.3 is 0 Å². The van der Waals surface area contributed by atoms with Crippen molar-refractivity contribution in [3.8, 4) is 0 Å². The van der Waals surface area contributed by atoms with Crippen molar-refractivity contribution in [1.82, 2.24) is 4.98 Å². The van der Waals surface area contributed by atoms with Gasteiger partial charge in [-0.15, -0.1) is 0 Å². The molecule has 0 aromatic carbocycles. The van der Waals surface area contributed by atoms with E-state index in [0.717, 1.165) is 30.2 Å². The molecule has 2 rings (SSSR count). The molecule has 1 aliphatic carbocycles. The number of nitrogens with one attached hydrogen (secondary N) is 1. The topological polar surface area (TPSA) is 68.0 Å². The van der Waals surface area contributed by atoms with Gasteiger partial charge in [0.15, 0.2) is 0 Å². The fourth-order valence-corrected chi connectivity index (χ4v) is 2.39. The van der Waals surface area contributed by atoms with Gasteiger partial charge in [-0.3, -0.25) is 4.79 Å². The molecule has 2 atom stereocenters. The van der Waals surface area contributed by atoms with Gasteiger partial charge in [0, 0.05) is 16.7 Å². The highest BCUT2D eigenvalue weighted by molar-refractivity contribution is 9.10. The molecule has 0 spiro atoms. The van der Waals surface area contributed by atoms with Crippen LogP contribution in [0.1, 0.15) is 25.7 Å². The number of halogens is 1. The molecule has 5 heteroatoms. The highest BCUT2D eigenvalue weighted by Crippen LogP contribution is 2.24. The van der Waals surface area contributed by atoms with E-state index in [2.05, 4.69) is 26.2 Å². The molecule has 1 heterocycles. The molecule has 4 nitrogen and oxygen atoms in total. The van der Waals surface area contributed by atoms with Crippen LogP contribution in [0, 0.1) is 5.92 Å². The van der Waals surface area contributed by atoms with Crippen LogP contribution >= 0.6 is 15.9 Å². The molecule has 1 fully saturated rings. The second kappa shape index (κ2) is 5.60. The molecule has 1 aliphatic rings. The maximum atomic E-state index is 12.0. The molecule has 1 aromatic heterocycles. The minimum atomic E-state index is -0.0748. The van der Waals surface area contributed by atoms with Crippen LogP contribution in [-0.2, 0) is 4.79 Å². The summed E-state index contributed by atoms with van der Waals surface area (Å²) in [6.07, 6.45) is 5.69. The van der Waals surface area contributed by atoms with Gasteiger partial charge in [-0.25, -0.2) is 4.98 Å². The number of nitrogens with two attached hydrogens (primary N) is 1. The van der Waals surface area contributed by atoms with Crippen molar-refractivity contribution >= 4 is 27.7 Å². The number of aromatic nitrogens is 1. The zero-order valence-corrected chi connectivity index (χ0v) is 11.1. The molecule has 1 saturated carbocycles. The van der Waals surface area contributed by atoms with E-state index in [-0.39, 0.29) is 17.9 Å². The average molecular weight is 298 g/mol. The Hall–Kier alpha value is -0.940. The van der Waals surface area contributed by atoms with Crippen LogP contribution in [0.25, 0.3) is 0 Å². The van der Waals surface area contributed by atoms with Crippen LogP contribution in [0.3, 0.4) is 0 Å². The number of carbonyl (C=O) groups is 1. The van der Waals surface area contributed by atoms with E-state index >= 15 is 0 Å². The number of anilines is 1.